The van der Waals surface area contributed by atoms with E-state index in [0.717, 1.165) is 11.3 Å². The first-order chi connectivity index (χ1) is 7.22. The summed E-state index contributed by atoms with van der Waals surface area (Å²) in [6, 6.07) is 7.79. The quantitative estimate of drug-likeness (QED) is 0.580. The zero-order valence-corrected chi connectivity index (χ0v) is 9.13. The van der Waals surface area contributed by atoms with Crippen LogP contribution in [0.5, 0.6) is 0 Å². The Kier molecular flexibility index (Phi) is 4.98. The van der Waals surface area contributed by atoms with Crippen LogP contribution in [0.15, 0.2) is 24.3 Å². The summed E-state index contributed by atoms with van der Waals surface area (Å²) in [4.78, 5) is 10.3. The van der Waals surface area contributed by atoms with Crippen molar-refractivity contribution in [1.82, 2.24) is 0 Å². The summed E-state index contributed by atoms with van der Waals surface area (Å²) in [7, 11) is 0. The van der Waals surface area contributed by atoms with Crippen LogP contribution in [0.3, 0.4) is 0 Å². The number of alkyl halides is 1. The lowest BCUT2D eigenvalue weighted by atomic mass is 10.2. The highest BCUT2D eigenvalue weighted by Gasteiger charge is 1.96. The molecule has 0 amide bonds. The Morgan fingerprint density at radius 2 is 2.00 bits per heavy atom. The molecule has 15 heavy (non-hydrogen) atoms. The second-order valence-electron chi connectivity index (χ2n) is 3.25. The van der Waals surface area contributed by atoms with E-state index in [2.05, 4.69) is 5.32 Å². The Bertz CT molecular complexity index is 311. The number of aliphatic carboxylic acids is 1. The van der Waals surface area contributed by atoms with Crippen LogP contribution in [0, 0.1) is 0 Å². The largest absolute Gasteiger partial charge is 0.481 e. The van der Waals surface area contributed by atoms with Crippen molar-refractivity contribution in [2.24, 2.45) is 0 Å². The second kappa shape index (κ2) is 6.30. The molecule has 0 aromatic heterocycles. The summed E-state index contributed by atoms with van der Waals surface area (Å²) in [5.41, 5.74) is 2.07. The molecule has 1 rings (SSSR count). The zero-order chi connectivity index (χ0) is 11.1. The third kappa shape index (κ3) is 4.70. The second-order valence-corrected chi connectivity index (χ2v) is 3.52. The van der Waals surface area contributed by atoms with Crippen LogP contribution < -0.4 is 5.32 Å². The Labute approximate surface area is 94.1 Å². The van der Waals surface area contributed by atoms with Gasteiger partial charge in [-0.05, 0) is 24.1 Å². The van der Waals surface area contributed by atoms with Crippen molar-refractivity contribution in [3.8, 4) is 0 Å². The molecular formula is C11H14ClNO2. The van der Waals surface area contributed by atoms with E-state index in [9.17, 15) is 4.79 Å². The number of halogens is 1. The summed E-state index contributed by atoms with van der Waals surface area (Å²) in [6.07, 6.45) is 0.833. The van der Waals surface area contributed by atoms with Gasteiger partial charge in [-0.3, -0.25) is 4.79 Å². The summed E-state index contributed by atoms with van der Waals surface area (Å²) < 4.78 is 0. The van der Waals surface area contributed by atoms with Gasteiger partial charge in [-0.15, -0.1) is 11.6 Å². The maximum Gasteiger partial charge on any atom is 0.303 e. The van der Waals surface area contributed by atoms with Gasteiger partial charge < -0.3 is 10.4 Å². The first kappa shape index (κ1) is 11.9. The maximum atomic E-state index is 10.3. The molecule has 2 N–H and O–H groups in total. The SMILES string of the molecule is O=C(O)CCCNc1ccc(CCl)cc1. The molecule has 0 radical (unpaired) electrons. The summed E-state index contributed by atoms with van der Waals surface area (Å²) >= 11 is 5.66. The summed E-state index contributed by atoms with van der Waals surface area (Å²) in [6.45, 7) is 0.673. The zero-order valence-electron chi connectivity index (χ0n) is 8.37. The molecule has 0 heterocycles. The fourth-order valence-electron chi connectivity index (χ4n) is 1.18. The summed E-state index contributed by atoms with van der Waals surface area (Å²) in [5.74, 6) is -0.242. The number of carboxylic acids is 1. The molecule has 0 aliphatic heterocycles. The van der Waals surface area contributed by atoms with Gasteiger partial charge in [0.25, 0.3) is 0 Å². The van der Waals surface area contributed by atoms with Gasteiger partial charge in [-0.25, -0.2) is 0 Å². The van der Waals surface area contributed by atoms with Crippen LogP contribution in [0.2, 0.25) is 0 Å². The van der Waals surface area contributed by atoms with Crippen LogP contribution in [0.25, 0.3) is 0 Å². The van der Waals surface area contributed by atoms with E-state index in [4.69, 9.17) is 16.7 Å². The van der Waals surface area contributed by atoms with Crippen molar-refractivity contribution in [2.75, 3.05) is 11.9 Å². The number of carboxylic acid groups (broad SMARTS) is 1. The van der Waals surface area contributed by atoms with Crippen molar-refractivity contribution in [3.63, 3.8) is 0 Å². The first-order valence-corrected chi connectivity index (χ1v) is 5.36. The minimum atomic E-state index is -0.755. The van der Waals surface area contributed by atoms with E-state index < -0.39 is 5.97 Å². The van der Waals surface area contributed by atoms with Gasteiger partial charge in [0.15, 0.2) is 0 Å². The molecule has 0 aliphatic rings. The predicted molar refractivity (Wildman–Crippen MR) is 61.4 cm³/mol. The van der Waals surface area contributed by atoms with E-state index in [1.54, 1.807) is 0 Å². The van der Waals surface area contributed by atoms with E-state index in [-0.39, 0.29) is 6.42 Å². The standard InChI is InChI=1S/C11H14ClNO2/c12-8-9-3-5-10(6-4-9)13-7-1-2-11(14)15/h3-6,13H,1-2,7-8H2,(H,14,15). The minimum Gasteiger partial charge on any atom is -0.481 e. The minimum absolute atomic E-state index is 0.201. The van der Waals surface area contributed by atoms with Crippen molar-refractivity contribution in [1.29, 1.82) is 0 Å². The summed E-state index contributed by atoms with van der Waals surface area (Å²) in [5, 5.41) is 11.6. The van der Waals surface area contributed by atoms with Crippen LogP contribution in [-0.4, -0.2) is 17.6 Å². The molecule has 0 bridgehead atoms. The lowest BCUT2D eigenvalue weighted by Crippen LogP contribution is -2.04. The van der Waals surface area contributed by atoms with Crippen molar-refractivity contribution in [3.05, 3.63) is 29.8 Å². The average Bonchev–Trinajstić information content (AvgIpc) is 2.25. The maximum absolute atomic E-state index is 10.3. The Morgan fingerprint density at radius 1 is 1.33 bits per heavy atom. The molecule has 4 heteroatoms. The first-order valence-electron chi connectivity index (χ1n) is 4.83. The van der Waals surface area contributed by atoms with Crippen LogP contribution >= 0.6 is 11.6 Å². The van der Waals surface area contributed by atoms with E-state index in [1.807, 2.05) is 24.3 Å². The van der Waals surface area contributed by atoms with Gasteiger partial charge in [0.05, 0.1) is 0 Å². The number of nitrogens with one attached hydrogen (secondary N) is 1. The van der Waals surface area contributed by atoms with Crippen molar-refractivity contribution in [2.45, 2.75) is 18.7 Å². The molecule has 0 spiro atoms. The number of anilines is 1. The Balaban J connectivity index is 2.28. The number of carbonyl (C=O) groups is 1. The highest BCUT2D eigenvalue weighted by molar-refractivity contribution is 6.17. The predicted octanol–water partition coefficient (Wildman–Crippen LogP) is 2.70. The van der Waals surface area contributed by atoms with Gasteiger partial charge in [-0.1, -0.05) is 12.1 Å². The van der Waals surface area contributed by atoms with Crippen molar-refractivity contribution < 1.29 is 9.90 Å². The van der Waals surface area contributed by atoms with E-state index >= 15 is 0 Å². The van der Waals surface area contributed by atoms with E-state index in [1.165, 1.54) is 0 Å². The average molecular weight is 228 g/mol. The molecule has 0 atom stereocenters. The lowest BCUT2D eigenvalue weighted by molar-refractivity contribution is -0.137. The van der Waals surface area contributed by atoms with Gasteiger partial charge in [0, 0.05) is 24.5 Å². The van der Waals surface area contributed by atoms with Crippen molar-refractivity contribution >= 4 is 23.3 Å². The molecule has 0 fully saturated rings. The Morgan fingerprint density at radius 3 is 2.53 bits per heavy atom. The fraction of sp³-hybridized carbons (Fsp3) is 0.364. The molecule has 1 aromatic rings. The molecule has 0 unspecified atom stereocenters. The van der Waals surface area contributed by atoms with Gasteiger partial charge in [-0.2, -0.15) is 0 Å². The number of rotatable bonds is 6. The lowest BCUT2D eigenvalue weighted by Gasteiger charge is -2.05. The highest BCUT2D eigenvalue weighted by Crippen LogP contribution is 2.11. The topological polar surface area (TPSA) is 49.3 Å². The third-order valence-corrected chi connectivity index (χ3v) is 2.31. The molecule has 0 saturated carbocycles. The normalized spacial score (nSPS) is 9.93. The van der Waals surface area contributed by atoms with Crippen LogP contribution in [0.4, 0.5) is 5.69 Å². The number of benzene rings is 1. The molecule has 3 nitrogen and oxygen atoms in total. The monoisotopic (exact) mass is 227 g/mol. The van der Waals surface area contributed by atoms with Crippen LogP contribution in [-0.2, 0) is 10.7 Å². The molecular weight excluding hydrogens is 214 g/mol. The highest BCUT2D eigenvalue weighted by atomic mass is 35.5. The van der Waals surface area contributed by atoms with Gasteiger partial charge >= 0.3 is 5.97 Å². The number of hydrogen-bond acceptors (Lipinski definition) is 2. The van der Waals surface area contributed by atoms with E-state index in [0.29, 0.717) is 18.8 Å². The van der Waals surface area contributed by atoms with Gasteiger partial charge in [0.2, 0.25) is 0 Å². The molecule has 82 valence electrons. The Hall–Kier alpha value is -1.22. The number of hydrogen-bond donors (Lipinski definition) is 2. The third-order valence-electron chi connectivity index (χ3n) is 2.00. The fourth-order valence-corrected chi connectivity index (χ4v) is 1.36. The smallest absolute Gasteiger partial charge is 0.303 e. The molecule has 1 aromatic carbocycles. The van der Waals surface area contributed by atoms with Gasteiger partial charge in [0.1, 0.15) is 0 Å². The molecule has 0 saturated heterocycles. The molecule has 0 aliphatic carbocycles. The van der Waals surface area contributed by atoms with Crippen LogP contribution in [0.1, 0.15) is 18.4 Å².